The van der Waals surface area contributed by atoms with Crippen LogP contribution in [0.25, 0.3) is 0 Å². The molecule has 0 aliphatic rings. The van der Waals surface area contributed by atoms with E-state index < -0.39 is 23.9 Å². The van der Waals surface area contributed by atoms with Crippen molar-refractivity contribution in [1.29, 1.82) is 0 Å². The van der Waals surface area contributed by atoms with Crippen molar-refractivity contribution in [2.45, 2.75) is 49.8 Å². The molecular weight excluding hydrogens is 297 g/mol. The molecule has 0 spiro atoms. The van der Waals surface area contributed by atoms with E-state index in [9.17, 15) is 18.0 Å². The molecule has 0 saturated heterocycles. The molecule has 10 heteroatoms. The molecular formula is C10H15F3N4O2S. The molecule has 0 saturated carbocycles. The van der Waals surface area contributed by atoms with Gasteiger partial charge in [-0.15, -0.1) is 5.10 Å². The highest BCUT2D eigenvalue weighted by atomic mass is 32.2. The van der Waals surface area contributed by atoms with Gasteiger partial charge in [-0.05, 0) is 23.8 Å². The van der Waals surface area contributed by atoms with Gasteiger partial charge in [-0.25, -0.2) is 4.68 Å². The Kier molecular flexibility index (Phi) is 6.24. The molecule has 0 aliphatic heterocycles. The lowest BCUT2D eigenvalue weighted by molar-refractivity contribution is -0.144. The van der Waals surface area contributed by atoms with Gasteiger partial charge < -0.3 is 4.74 Å². The lowest BCUT2D eigenvalue weighted by atomic mass is 10.4. The number of rotatable bonds is 7. The number of ether oxygens (including phenoxy) is 1. The van der Waals surface area contributed by atoms with Gasteiger partial charge in [0.15, 0.2) is 0 Å². The average Bonchev–Trinajstić information content (AvgIpc) is 2.74. The van der Waals surface area contributed by atoms with Gasteiger partial charge in [0.25, 0.3) is 0 Å². The van der Waals surface area contributed by atoms with E-state index in [4.69, 9.17) is 4.74 Å². The molecule has 0 bridgehead atoms. The smallest absolute Gasteiger partial charge is 0.408 e. The Morgan fingerprint density at radius 1 is 1.50 bits per heavy atom. The van der Waals surface area contributed by atoms with Gasteiger partial charge in [0.2, 0.25) is 5.16 Å². The molecule has 1 unspecified atom stereocenters. The molecule has 1 atom stereocenters. The van der Waals surface area contributed by atoms with Crippen LogP contribution < -0.4 is 0 Å². The fraction of sp³-hybridized carbons (Fsp3) is 0.800. The summed E-state index contributed by atoms with van der Waals surface area (Å²) in [4.78, 5) is 11.6. The second-order valence-corrected chi connectivity index (χ2v) is 5.32. The van der Waals surface area contributed by atoms with Crippen molar-refractivity contribution in [3.8, 4) is 0 Å². The topological polar surface area (TPSA) is 69.9 Å². The lowest BCUT2D eigenvalue weighted by Gasteiger charge is -2.11. The summed E-state index contributed by atoms with van der Waals surface area (Å²) in [5.74, 6) is -0.495. The number of carbonyl (C=O) groups is 1. The van der Waals surface area contributed by atoms with Gasteiger partial charge >= 0.3 is 12.1 Å². The Morgan fingerprint density at radius 2 is 2.20 bits per heavy atom. The van der Waals surface area contributed by atoms with Crippen LogP contribution in [0.5, 0.6) is 0 Å². The van der Waals surface area contributed by atoms with Crippen LogP contribution in [-0.4, -0.2) is 44.2 Å². The number of unbranched alkanes of at least 4 members (excludes halogenated alkanes) is 1. The van der Waals surface area contributed by atoms with E-state index >= 15 is 0 Å². The number of nitrogens with zero attached hydrogens (tertiary/aromatic N) is 4. The van der Waals surface area contributed by atoms with Crippen molar-refractivity contribution in [2.75, 3.05) is 6.61 Å². The van der Waals surface area contributed by atoms with Gasteiger partial charge in [-0.3, -0.25) is 4.79 Å². The summed E-state index contributed by atoms with van der Waals surface area (Å²) in [5, 5.41) is 9.17. The van der Waals surface area contributed by atoms with Gasteiger partial charge in [0.1, 0.15) is 11.8 Å². The number of tetrazole rings is 1. The van der Waals surface area contributed by atoms with E-state index in [1.807, 2.05) is 6.92 Å². The zero-order chi connectivity index (χ0) is 15.2. The Labute approximate surface area is 118 Å². The van der Waals surface area contributed by atoms with Gasteiger partial charge in [0.05, 0.1) is 6.61 Å². The number of esters is 1. The molecule has 0 radical (unpaired) electrons. The molecule has 0 aliphatic carbocycles. The van der Waals surface area contributed by atoms with E-state index in [-0.39, 0.29) is 5.16 Å². The van der Waals surface area contributed by atoms with Gasteiger partial charge in [-0.1, -0.05) is 25.1 Å². The number of hydrogen-bond donors (Lipinski definition) is 0. The monoisotopic (exact) mass is 312 g/mol. The van der Waals surface area contributed by atoms with Crippen molar-refractivity contribution in [2.24, 2.45) is 0 Å². The summed E-state index contributed by atoms with van der Waals surface area (Å²) in [5.41, 5.74) is 0. The van der Waals surface area contributed by atoms with Crippen LogP contribution in [0.1, 0.15) is 26.7 Å². The minimum atomic E-state index is -4.42. The second-order valence-electron chi connectivity index (χ2n) is 4.02. The quantitative estimate of drug-likeness (QED) is 0.436. The Bertz CT molecular complexity index is 438. The van der Waals surface area contributed by atoms with Crippen LogP contribution in [0, 0.1) is 0 Å². The van der Waals surface area contributed by atoms with Crippen molar-refractivity contribution in [3.63, 3.8) is 0 Å². The number of alkyl halides is 3. The fourth-order valence-electron chi connectivity index (χ4n) is 1.19. The standard InChI is InChI=1S/C10H15F3N4O2S/c1-3-4-5-19-8(18)7(2)20-9-14-15-16-17(9)6-10(11,12)13/h7H,3-6H2,1-2H3. The first-order chi connectivity index (χ1) is 9.33. The lowest BCUT2D eigenvalue weighted by Crippen LogP contribution is -2.21. The fourth-order valence-corrected chi connectivity index (χ4v) is 1.98. The first kappa shape index (κ1) is 16.7. The van der Waals surface area contributed by atoms with Crippen LogP contribution >= 0.6 is 11.8 Å². The summed E-state index contributed by atoms with van der Waals surface area (Å²) in [6.45, 7) is 2.50. The molecule has 0 amide bonds. The zero-order valence-corrected chi connectivity index (χ0v) is 11.9. The molecule has 1 aromatic heterocycles. The van der Waals surface area contributed by atoms with Crippen LogP contribution in [0.4, 0.5) is 13.2 Å². The molecule has 1 aromatic rings. The number of halogens is 3. The Morgan fingerprint density at radius 3 is 2.80 bits per heavy atom. The molecule has 1 heterocycles. The normalized spacial score (nSPS) is 13.2. The van der Waals surface area contributed by atoms with Crippen molar-refractivity contribution in [1.82, 2.24) is 20.2 Å². The van der Waals surface area contributed by atoms with Crippen LogP contribution in [-0.2, 0) is 16.1 Å². The maximum Gasteiger partial charge on any atom is 0.408 e. The summed E-state index contributed by atoms with van der Waals surface area (Å²) in [6, 6.07) is 0. The number of aromatic nitrogens is 4. The predicted molar refractivity (Wildman–Crippen MR) is 65.1 cm³/mol. The zero-order valence-electron chi connectivity index (χ0n) is 11.1. The highest BCUT2D eigenvalue weighted by Crippen LogP contribution is 2.24. The van der Waals surface area contributed by atoms with Gasteiger partial charge in [0, 0.05) is 0 Å². The first-order valence-electron chi connectivity index (χ1n) is 5.99. The SMILES string of the molecule is CCCCOC(=O)C(C)Sc1nnnn1CC(F)(F)F. The van der Waals surface area contributed by atoms with Crippen LogP contribution in [0.2, 0.25) is 0 Å². The number of thioether (sulfide) groups is 1. The highest BCUT2D eigenvalue weighted by Gasteiger charge is 2.31. The van der Waals surface area contributed by atoms with Crippen LogP contribution in [0.3, 0.4) is 0 Å². The van der Waals surface area contributed by atoms with Crippen molar-refractivity contribution in [3.05, 3.63) is 0 Å². The third-order valence-electron chi connectivity index (χ3n) is 2.18. The molecule has 0 aromatic carbocycles. The van der Waals surface area contributed by atoms with Crippen molar-refractivity contribution < 1.29 is 22.7 Å². The Balaban J connectivity index is 2.55. The van der Waals surface area contributed by atoms with Gasteiger partial charge in [-0.2, -0.15) is 13.2 Å². The van der Waals surface area contributed by atoms with Crippen LogP contribution in [0.15, 0.2) is 5.16 Å². The molecule has 1 rings (SSSR count). The number of carbonyl (C=O) groups excluding carboxylic acids is 1. The third kappa shape index (κ3) is 5.76. The summed E-state index contributed by atoms with van der Waals surface area (Å²) >= 11 is 0.836. The summed E-state index contributed by atoms with van der Waals surface area (Å²) in [7, 11) is 0. The molecule has 114 valence electrons. The predicted octanol–water partition coefficient (Wildman–Crippen LogP) is 2.06. The second kappa shape index (κ2) is 7.46. The van der Waals surface area contributed by atoms with E-state index in [1.54, 1.807) is 0 Å². The number of hydrogen-bond acceptors (Lipinski definition) is 6. The van der Waals surface area contributed by atoms with Crippen molar-refractivity contribution >= 4 is 17.7 Å². The van der Waals surface area contributed by atoms with E-state index in [1.165, 1.54) is 6.92 Å². The highest BCUT2D eigenvalue weighted by molar-refractivity contribution is 8.00. The maximum atomic E-state index is 12.3. The largest absolute Gasteiger partial charge is 0.465 e. The first-order valence-corrected chi connectivity index (χ1v) is 6.87. The minimum Gasteiger partial charge on any atom is -0.465 e. The average molecular weight is 312 g/mol. The molecule has 0 N–H and O–H groups in total. The maximum absolute atomic E-state index is 12.3. The molecule has 0 fully saturated rings. The van der Waals surface area contributed by atoms with E-state index in [2.05, 4.69) is 15.5 Å². The molecule has 6 nitrogen and oxygen atoms in total. The summed E-state index contributed by atoms with van der Waals surface area (Å²) < 4.78 is 42.4. The van der Waals surface area contributed by atoms with E-state index in [0.717, 1.165) is 24.6 Å². The summed E-state index contributed by atoms with van der Waals surface area (Å²) in [6.07, 6.45) is -2.79. The Hall–Kier alpha value is -1.32. The third-order valence-corrected chi connectivity index (χ3v) is 3.23. The van der Waals surface area contributed by atoms with E-state index in [0.29, 0.717) is 11.3 Å². The molecule has 20 heavy (non-hydrogen) atoms. The minimum absolute atomic E-state index is 0.0673.